The molecule has 3 aromatic rings. The number of hydrogen-bond donors (Lipinski definition) is 1. The molecule has 23 heavy (non-hydrogen) atoms. The minimum atomic E-state index is 0.697. The normalized spacial score (nSPS) is 10.7. The second kappa shape index (κ2) is 7.28. The van der Waals surface area contributed by atoms with Gasteiger partial charge in [0.05, 0.1) is 5.01 Å². The Kier molecular flexibility index (Phi) is 4.92. The van der Waals surface area contributed by atoms with Crippen molar-refractivity contribution in [1.82, 2.24) is 19.9 Å². The lowest BCUT2D eigenvalue weighted by Crippen LogP contribution is -2.07. The van der Waals surface area contributed by atoms with Gasteiger partial charge in [0, 0.05) is 53.8 Å². The number of aryl methyl sites for hydroxylation is 2. The lowest BCUT2D eigenvalue weighted by atomic mass is 10.2. The molecule has 0 aliphatic rings. The number of pyridine rings is 1. The van der Waals surface area contributed by atoms with Gasteiger partial charge in [0.25, 0.3) is 0 Å². The predicted molar refractivity (Wildman–Crippen MR) is 93.7 cm³/mol. The fourth-order valence-electron chi connectivity index (χ4n) is 2.21. The number of nitrogens with one attached hydrogen (secondary N) is 1. The van der Waals surface area contributed by atoms with E-state index in [1.165, 1.54) is 4.88 Å². The summed E-state index contributed by atoms with van der Waals surface area (Å²) in [6.07, 6.45) is 7.44. The predicted octanol–water partition coefficient (Wildman–Crippen LogP) is 3.52. The van der Waals surface area contributed by atoms with Crippen LogP contribution in [0.3, 0.4) is 0 Å². The van der Waals surface area contributed by atoms with E-state index in [1.807, 2.05) is 31.3 Å². The SMILES string of the molecule is CCc1cnc(CCNc2cc(C)nc(-c3cccnc3)n2)s1. The Morgan fingerprint density at radius 2 is 2.13 bits per heavy atom. The highest BCUT2D eigenvalue weighted by atomic mass is 32.1. The molecule has 0 spiro atoms. The average Bonchev–Trinajstić information content (AvgIpc) is 3.03. The Balaban J connectivity index is 1.67. The Bertz CT molecular complexity index is 770. The van der Waals surface area contributed by atoms with Crippen molar-refractivity contribution in [2.45, 2.75) is 26.7 Å². The maximum absolute atomic E-state index is 4.58. The number of hydrogen-bond acceptors (Lipinski definition) is 6. The summed E-state index contributed by atoms with van der Waals surface area (Å²) in [6.45, 7) is 4.93. The average molecular weight is 325 g/mol. The lowest BCUT2D eigenvalue weighted by molar-refractivity contribution is 0.978. The molecule has 1 N–H and O–H groups in total. The first-order chi connectivity index (χ1) is 11.2. The second-order valence-corrected chi connectivity index (χ2v) is 6.41. The van der Waals surface area contributed by atoms with Gasteiger partial charge >= 0.3 is 0 Å². The van der Waals surface area contributed by atoms with Gasteiger partial charge in [-0.1, -0.05) is 6.92 Å². The van der Waals surface area contributed by atoms with Crippen molar-refractivity contribution >= 4 is 17.2 Å². The Morgan fingerprint density at radius 1 is 1.22 bits per heavy atom. The van der Waals surface area contributed by atoms with E-state index in [4.69, 9.17) is 0 Å². The molecular weight excluding hydrogens is 306 g/mol. The molecule has 0 radical (unpaired) electrons. The summed E-state index contributed by atoms with van der Waals surface area (Å²) >= 11 is 1.78. The molecule has 0 saturated heterocycles. The zero-order valence-corrected chi connectivity index (χ0v) is 14.1. The number of aromatic nitrogens is 4. The molecule has 3 heterocycles. The van der Waals surface area contributed by atoms with E-state index >= 15 is 0 Å². The minimum Gasteiger partial charge on any atom is -0.370 e. The van der Waals surface area contributed by atoms with Crippen LogP contribution in [0, 0.1) is 6.92 Å². The van der Waals surface area contributed by atoms with Crippen LogP contribution >= 0.6 is 11.3 Å². The molecule has 5 nitrogen and oxygen atoms in total. The maximum atomic E-state index is 4.58. The van der Waals surface area contributed by atoms with Gasteiger partial charge in [-0.2, -0.15) is 0 Å². The molecule has 0 aliphatic carbocycles. The van der Waals surface area contributed by atoms with Gasteiger partial charge in [-0.15, -0.1) is 11.3 Å². The van der Waals surface area contributed by atoms with Crippen LogP contribution in [0.1, 0.15) is 22.5 Å². The van der Waals surface area contributed by atoms with Gasteiger partial charge in [-0.05, 0) is 25.5 Å². The van der Waals surface area contributed by atoms with Gasteiger partial charge in [0.15, 0.2) is 5.82 Å². The monoisotopic (exact) mass is 325 g/mol. The van der Waals surface area contributed by atoms with Crippen LogP contribution in [0.2, 0.25) is 0 Å². The van der Waals surface area contributed by atoms with E-state index in [0.717, 1.165) is 41.5 Å². The molecule has 0 amide bonds. The van der Waals surface area contributed by atoms with Gasteiger partial charge < -0.3 is 5.32 Å². The Hall–Kier alpha value is -2.34. The molecule has 3 aromatic heterocycles. The van der Waals surface area contributed by atoms with E-state index < -0.39 is 0 Å². The third-order valence-electron chi connectivity index (χ3n) is 3.37. The summed E-state index contributed by atoms with van der Waals surface area (Å²) in [7, 11) is 0. The third-order valence-corrected chi connectivity index (χ3v) is 4.57. The number of thiazole rings is 1. The fraction of sp³-hybridized carbons (Fsp3) is 0.294. The highest BCUT2D eigenvalue weighted by molar-refractivity contribution is 7.11. The van der Waals surface area contributed by atoms with Crippen molar-refractivity contribution < 1.29 is 0 Å². The summed E-state index contributed by atoms with van der Waals surface area (Å²) in [5.41, 5.74) is 1.86. The summed E-state index contributed by atoms with van der Waals surface area (Å²) in [5.74, 6) is 1.53. The second-order valence-electron chi connectivity index (χ2n) is 5.21. The van der Waals surface area contributed by atoms with Crippen LogP contribution in [0.25, 0.3) is 11.4 Å². The Morgan fingerprint density at radius 3 is 2.87 bits per heavy atom. The molecule has 0 unspecified atom stereocenters. The first-order valence-electron chi connectivity index (χ1n) is 7.68. The van der Waals surface area contributed by atoms with E-state index in [1.54, 1.807) is 23.7 Å². The first kappa shape index (κ1) is 15.6. The molecule has 0 aromatic carbocycles. The van der Waals surface area contributed by atoms with Gasteiger partial charge in [-0.3, -0.25) is 4.98 Å². The van der Waals surface area contributed by atoms with Crippen molar-refractivity contribution in [2.75, 3.05) is 11.9 Å². The van der Waals surface area contributed by atoms with Crippen molar-refractivity contribution in [3.8, 4) is 11.4 Å². The number of anilines is 1. The molecule has 0 aliphatic heterocycles. The van der Waals surface area contributed by atoms with Crippen LogP contribution < -0.4 is 5.32 Å². The number of rotatable bonds is 6. The third kappa shape index (κ3) is 4.10. The summed E-state index contributed by atoms with van der Waals surface area (Å²) in [4.78, 5) is 19.0. The molecule has 0 atom stereocenters. The summed E-state index contributed by atoms with van der Waals surface area (Å²) in [5, 5.41) is 4.53. The van der Waals surface area contributed by atoms with Crippen LogP contribution in [-0.4, -0.2) is 26.5 Å². The highest BCUT2D eigenvalue weighted by Crippen LogP contribution is 2.17. The summed E-state index contributed by atoms with van der Waals surface area (Å²) < 4.78 is 0. The van der Waals surface area contributed by atoms with Crippen molar-refractivity contribution in [1.29, 1.82) is 0 Å². The molecule has 0 saturated carbocycles. The lowest BCUT2D eigenvalue weighted by Gasteiger charge is -2.08. The van der Waals surface area contributed by atoms with Gasteiger partial charge in [-0.25, -0.2) is 15.0 Å². The van der Waals surface area contributed by atoms with Crippen LogP contribution in [0.5, 0.6) is 0 Å². The van der Waals surface area contributed by atoms with Crippen molar-refractivity contribution in [3.05, 3.63) is 52.4 Å². The number of nitrogens with zero attached hydrogens (tertiary/aromatic N) is 4. The zero-order valence-electron chi connectivity index (χ0n) is 13.3. The van der Waals surface area contributed by atoms with Crippen LogP contribution in [0.4, 0.5) is 5.82 Å². The molecule has 6 heteroatoms. The topological polar surface area (TPSA) is 63.6 Å². The standard InChI is InChI=1S/C17H19N5S/c1-3-14-11-20-16(23-14)6-8-19-15-9-12(2)21-17(22-15)13-5-4-7-18-10-13/h4-5,7,9-11H,3,6,8H2,1-2H3,(H,19,21,22). The van der Waals surface area contributed by atoms with E-state index in [9.17, 15) is 0 Å². The molecule has 0 fully saturated rings. The zero-order chi connectivity index (χ0) is 16.1. The van der Waals surface area contributed by atoms with Crippen molar-refractivity contribution in [2.24, 2.45) is 0 Å². The molecule has 0 bridgehead atoms. The van der Waals surface area contributed by atoms with E-state index in [2.05, 4.69) is 32.2 Å². The molecular formula is C17H19N5S. The summed E-state index contributed by atoms with van der Waals surface area (Å²) in [6, 6.07) is 5.81. The van der Waals surface area contributed by atoms with E-state index in [-0.39, 0.29) is 0 Å². The van der Waals surface area contributed by atoms with Gasteiger partial charge in [0.1, 0.15) is 5.82 Å². The minimum absolute atomic E-state index is 0.697. The molecule has 118 valence electrons. The molecule has 3 rings (SSSR count). The van der Waals surface area contributed by atoms with Gasteiger partial charge in [0.2, 0.25) is 0 Å². The highest BCUT2D eigenvalue weighted by Gasteiger charge is 2.06. The van der Waals surface area contributed by atoms with Crippen LogP contribution in [0.15, 0.2) is 36.8 Å². The smallest absolute Gasteiger partial charge is 0.163 e. The quantitative estimate of drug-likeness (QED) is 0.751. The van der Waals surface area contributed by atoms with E-state index in [0.29, 0.717) is 5.82 Å². The Labute approximate surface area is 139 Å². The first-order valence-corrected chi connectivity index (χ1v) is 8.50. The largest absolute Gasteiger partial charge is 0.370 e. The van der Waals surface area contributed by atoms with Crippen molar-refractivity contribution in [3.63, 3.8) is 0 Å². The fourth-order valence-corrected chi connectivity index (χ4v) is 3.07. The maximum Gasteiger partial charge on any atom is 0.163 e. The van der Waals surface area contributed by atoms with Crippen LogP contribution in [-0.2, 0) is 12.8 Å².